The van der Waals surface area contributed by atoms with E-state index in [0.717, 1.165) is 29.4 Å². The van der Waals surface area contributed by atoms with Crippen molar-refractivity contribution in [1.29, 1.82) is 0 Å². The zero-order valence-corrected chi connectivity index (χ0v) is 20.6. The highest BCUT2D eigenvalue weighted by atomic mass is 32.2. The first-order chi connectivity index (χ1) is 16.0. The molecule has 1 atom stereocenters. The highest BCUT2D eigenvalue weighted by Crippen LogP contribution is 2.38. The summed E-state index contributed by atoms with van der Waals surface area (Å²) >= 11 is 0. The molecule has 0 bridgehead atoms. The van der Waals surface area contributed by atoms with E-state index >= 15 is 0 Å². The predicted molar refractivity (Wildman–Crippen MR) is 134 cm³/mol. The van der Waals surface area contributed by atoms with Crippen LogP contribution in [0.25, 0.3) is 0 Å². The molecule has 1 aliphatic rings. The number of benzene rings is 2. The normalized spacial score (nSPS) is 15.9. The third kappa shape index (κ3) is 5.39. The minimum atomic E-state index is -3.61. The van der Waals surface area contributed by atoms with Gasteiger partial charge in [-0.15, -0.1) is 0 Å². The number of carbonyl (C=O) groups is 1. The van der Waals surface area contributed by atoms with E-state index < -0.39 is 22.0 Å². The number of rotatable bonds is 5. The van der Waals surface area contributed by atoms with Crippen LogP contribution in [-0.4, -0.2) is 38.2 Å². The van der Waals surface area contributed by atoms with Gasteiger partial charge in [0, 0.05) is 18.1 Å². The third-order valence-electron chi connectivity index (χ3n) is 5.77. The molecule has 7 nitrogen and oxygen atoms in total. The van der Waals surface area contributed by atoms with Crippen LogP contribution in [0.2, 0.25) is 0 Å². The van der Waals surface area contributed by atoms with Crippen LogP contribution < -0.4 is 14.4 Å². The molecular weight excluding hydrogens is 450 g/mol. The van der Waals surface area contributed by atoms with Crippen molar-refractivity contribution in [1.82, 2.24) is 4.98 Å². The van der Waals surface area contributed by atoms with Crippen LogP contribution in [0, 0.1) is 0 Å². The molecule has 1 amide bonds. The number of fused-ring (bicyclic) bond motifs is 1. The SMILES string of the molecule is CC(C)(C)c1ccc2c(c1)N(S(C)(=O)=O)CC(C(=O)Nc1ccc(Cc3ccncc3)cc1)O2. The van der Waals surface area contributed by atoms with Crippen LogP contribution in [0.15, 0.2) is 67.0 Å². The molecule has 0 saturated carbocycles. The second-order valence-electron chi connectivity index (χ2n) is 9.55. The van der Waals surface area contributed by atoms with E-state index in [-0.39, 0.29) is 12.0 Å². The number of hydrogen-bond acceptors (Lipinski definition) is 5. The number of carbonyl (C=O) groups excluding carboxylic acids is 1. The van der Waals surface area contributed by atoms with E-state index in [4.69, 9.17) is 4.74 Å². The van der Waals surface area contributed by atoms with Gasteiger partial charge in [-0.2, -0.15) is 0 Å². The van der Waals surface area contributed by atoms with Gasteiger partial charge >= 0.3 is 0 Å². The Bertz CT molecular complexity index is 1280. The molecule has 3 aromatic rings. The van der Waals surface area contributed by atoms with Gasteiger partial charge in [0.1, 0.15) is 5.75 Å². The minimum Gasteiger partial charge on any atom is -0.476 e. The number of aromatic nitrogens is 1. The Balaban J connectivity index is 1.50. The zero-order chi connectivity index (χ0) is 24.5. The average molecular weight is 480 g/mol. The maximum atomic E-state index is 13.0. The maximum absolute atomic E-state index is 13.0. The number of anilines is 2. The van der Waals surface area contributed by atoms with Crippen LogP contribution in [0.3, 0.4) is 0 Å². The summed E-state index contributed by atoms with van der Waals surface area (Å²) in [7, 11) is -3.61. The smallest absolute Gasteiger partial charge is 0.267 e. The van der Waals surface area contributed by atoms with Crippen molar-refractivity contribution < 1.29 is 17.9 Å². The molecule has 1 unspecified atom stereocenters. The summed E-state index contributed by atoms with van der Waals surface area (Å²) in [5.74, 6) is -0.0291. The van der Waals surface area contributed by atoms with Crippen LogP contribution in [0.5, 0.6) is 5.75 Å². The summed E-state index contributed by atoms with van der Waals surface area (Å²) in [6.07, 6.45) is 4.45. The molecule has 2 aromatic carbocycles. The minimum absolute atomic E-state index is 0.0919. The number of hydrogen-bond donors (Lipinski definition) is 1. The summed E-state index contributed by atoms with van der Waals surface area (Å²) in [5, 5.41) is 2.85. The van der Waals surface area contributed by atoms with Crippen molar-refractivity contribution in [2.75, 3.05) is 22.4 Å². The van der Waals surface area contributed by atoms with Crippen molar-refractivity contribution in [3.8, 4) is 5.75 Å². The van der Waals surface area contributed by atoms with Crippen LogP contribution in [0.1, 0.15) is 37.5 Å². The molecule has 2 heterocycles. The lowest BCUT2D eigenvalue weighted by Crippen LogP contribution is -2.48. The topological polar surface area (TPSA) is 88.6 Å². The quantitative estimate of drug-likeness (QED) is 0.594. The summed E-state index contributed by atoms with van der Waals surface area (Å²) in [4.78, 5) is 17.0. The van der Waals surface area contributed by atoms with Gasteiger partial charge < -0.3 is 10.1 Å². The van der Waals surface area contributed by atoms with Crippen molar-refractivity contribution in [2.45, 2.75) is 38.7 Å². The highest BCUT2D eigenvalue weighted by molar-refractivity contribution is 7.92. The lowest BCUT2D eigenvalue weighted by molar-refractivity contribution is -0.122. The van der Waals surface area contributed by atoms with Gasteiger partial charge in [-0.05, 0) is 64.9 Å². The third-order valence-corrected chi connectivity index (χ3v) is 6.91. The monoisotopic (exact) mass is 479 g/mol. The van der Waals surface area contributed by atoms with Crippen molar-refractivity contribution in [2.24, 2.45) is 0 Å². The fourth-order valence-corrected chi connectivity index (χ4v) is 4.74. The lowest BCUT2D eigenvalue weighted by Gasteiger charge is -2.35. The largest absolute Gasteiger partial charge is 0.476 e. The summed E-state index contributed by atoms with van der Waals surface area (Å²) in [6, 6.07) is 16.9. The molecule has 0 spiro atoms. The Morgan fingerprint density at radius 1 is 1.06 bits per heavy atom. The van der Waals surface area contributed by atoms with Gasteiger partial charge in [-0.3, -0.25) is 14.1 Å². The molecule has 0 saturated heterocycles. The fourth-order valence-electron chi connectivity index (χ4n) is 3.83. The second kappa shape index (κ2) is 9.10. The highest BCUT2D eigenvalue weighted by Gasteiger charge is 2.36. The van der Waals surface area contributed by atoms with E-state index in [0.29, 0.717) is 17.1 Å². The van der Waals surface area contributed by atoms with E-state index in [1.54, 1.807) is 18.5 Å². The van der Waals surface area contributed by atoms with Gasteiger partial charge in [0.25, 0.3) is 5.91 Å². The van der Waals surface area contributed by atoms with E-state index in [1.165, 1.54) is 4.31 Å². The molecule has 1 aromatic heterocycles. The molecule has 0 aliphatic carbocycles. The van der Waals surface area contributed by atoms with Crippen LogP contribution >= 0.6 is 0 Å². The van der Waals surface area contributed by atoms with E-state index in [1.807, 2.05) is 48.5 Å². The Hall–Kier alpha value is -3.39. The summed E-state index contributed by atoms with van der Waals surface area (Å²) in [5.41, 5.74) is 4.15. The number of amides is 1. The molecule has 1 aliphatic heterocycles. The number of ether oxygens (including phenoxy) is 1. The summed E-state index contributed by atoms with van der Waals surface area (Å²) < 4.78 is 32.3. The van der Waals surface area contributed by atoms with E-state index in [9.17, 15) is 13.2 Å². The van der Waals surface area contributed by atoms with Gasteiger partial charge in [-0.25, -0.2) is 8.42 Å². The lowest BCUT2D eigenvalue weighted by atomic mass is 9.86. The van der Waals surface area contributed by atoms with Crippen molar-refractivity contribution in [3.63, 3.8) is 0 Å². The van der Waals surface area contributed by atoms with Gasteiger partial charge in [-0.1, -0.05) is 39.0 Å². The average Bonchev–Trinajstić information content (AvgIpc) is 2.78. The maximum Gasteiger partial charge on any atom is 0.267 e. The molecule has 1 N–H and O–H groups in total. The Morgan fingerprint density at radius 2 is 1.71 bits per heavy atom. The molecular formula is C26H29N3O4S. The summed E-state index contributed by atoms with van der Waals surface area (Å²) in [6.45, 7) is 6.08. The standard InChI is InChI=1S/C26H29N3O4S/c1-26(2,3)20-7-10-23-22(16-20)29(34(4,31)32)17-24(33-23)25(30)28-21-8-5-18(6-9-21)15-19-11-13-27-14-12-19/h5-14,16,24H,15,17H2,1-4H3,(H,28,30). The van der Waals surface area contributed by atoms with Crippen LogP contribution in [-0.2, 0) is 26.7 Å². The van der Waals surface area contributed by atoms with Crippen LogP contribution in [0.4, 0.5) is 11.4 Å². The number of sulfonamides is 1. The second-order valence-corrected chi connectivity index (χ2v) is 11.5. The number of pyridine rings is 1. The first-order valence-electron chi connectivity index (χ1n) is 11.1. The van der Waals surface area contributed by atoms with Gasteiger partial charge in [0.2, 0.25) is 10.0 Å². The van der Waals surface area contributed by atoms with Gasteiger partial charge in [0.15, 0.2) is 6.10 Å². The number of nitrogens with one attached hydrogen (secondary N) is 1. The predicted octanol–water partition coefficient (Wildman–Crippen LogP) is 4.14. The first-order valence-corrected chi connectivity index (χ1v) is 12.9. The zero-order valence-electron chi connectivity index (χ0n) is 19.8. The molecule has 4 rings (SSSR count). The van der Waals surface area contributed by atoms with Crippen molar-refractivity contribution >= 4 is 27.3 Å². The fraction of sp³-hybridized carbons (Fsp3) is 0.308. The van der Waals surface area contributed by atoms with Crippen molar-refractivity contribution in [3.05, 3.63) is 83.7 Å². The first kappa shape index (κ1) is 23.8. The Morgan fingerprint density at radius 3 is 2.32 bits per heavy atom. The molecule has 0 radical (unpaired) electrons. The van der Waals surface area contributed by atoms with E-state index in [2.05, 4.69) is 31.1 Å². The number of nitrogens with zero attached hydrogens (tertiary/aromatic N) is 2. The van der Waals surface area contributed by atoms with Gasteiger partial charge in [0.05, 0.1) is 18.5 Å². The molecule has 178 valence electrons. The molecule has 0 fully saturated rings. The Kier molecular flexibility index (Phi) is 6.36. The molecule has 8 heteroatoms. The Labute approximate surface area is 200 Å². The molecule has 34 heavy (non-hydrogen) atoms.